The molecule has 0 spiro atoms. The van der Waals surface area contributed by atoms with Crippen LogP contribution in [0.25, 0.3) is 0 Å². The van der Waals surface area contributed by atoms with Crippen LogP contribution in [0.1, 0.15) is 20.8 Å². The molecule has 2 unspecified atom stereocenters. The zero-order valence-corrected chi connectivity index (χ0v) is 8.44. The molecule has 5 nitrogen and oxygen atoms in total. The third kappa shape index (κ3) is 1.16. The molecule has 5 heteroatoms. The predicted molar refractivity (Wildman–Crippen MR) is 45.4 cm³/mol. The van der Waals surface area contributed by atoms with Crippen molar-refractivity contribution in [2.75, 3.05) is 6.61 Å². The Morgan fingerprint density at radius 3 is 2.64 bits per heavy atom. The maximum Gasteiger partial charge on any atom is 0.341 e. The number of hydrogen-bond donors (Lipinski definition) is 1. The van der Waals surface area contributed by atoms with Crippen molar-refractivity contribution in [3.8, 4) is 0 Å². The van der Waals surface area contributed by atoms with Crippen molar-refractivity contribution in [3.05, 3.63) is 0 Å². The molecular formula is C9H14O5. The predicted octanol–water partition coefficient (Wildman–Crippen LogP) is -0.186. The summed E-state index contributed by atoms with van der Waals surface area (Å²) in [7, 11) is 0. The van der Waals surface area contributed by atoms with Crippen LogP contribution in [0.3, 0.4) is 0 Å². The van der Waals surface area contributed by atoms with Gasteiger partial charge < -0.3 is 19.3 Å². The van der Waals surface area contributed by atoms with Crippen LogP contribution in [0.2, 0.25) is 0 Å². The third-order valence-corrected chi connectivity index (χ3v) is 2.59. The number of fused-ring (bicyclic) bond motifs is 1. The summed E-state index contributed by atoms with van der Waals surface area (Å²) in [4.78, 5) is 11.5. The topological polar surface area (TPSA) is 65.0 Å². The van der Waals surface area contributed by atoms with E-state index < -0.39 is 29.6 Å². The van der Waals surface area contributed by atoms with Gasteiger partial charge in [-0.05, 0) is 20.8 Å². The van der Waals surface area contributed by atoms with Gasteiger partial charge in [-0.2, -0.15) is 0 Å². The van der Waals surface area contributed by atoms with Crippen molar-refractivity contribution in [2.24, 2.45) is 0 Å². The second kappa shape index (κ2) is 2.68. The summed E-state index contributed by atoms with van der Waals surface area (Å²) in [5, 5.41) is 9.00. The molecule has 1 N–H and O–H groups in total. The lowest BCUT2D eigenvalue weighted by molar-refractivity contribution is -0.198. The molecule has 14 heavy (non-hydrogen) atoms. The van der Waals surface area contributed by atoms with Crippen molar-refractivity contribution in [1.82, 2.24) is 0 Å². The van der Waals surface area contributed by atoms with Gasteiger partial charge in [0.1, 0.15) is 6.10 Å². The molecule has 0 aromatic rings. The van der Waals surface area contributed by atoms with E-state index in [1.54, 1.807) is 20.8 Å². The highest BCUT2D eigenvalue weighted by Crippen LogP contribution is 2.43. The maximum atomic E-state index is 11.5. The molecule has 0 amide bonds. The van der Waals surface area contributed by atoms with Crippen LogP contribution in [0.5, 0.6) is 0 Å². The molecule has 0 aliphatic carbocycles. The van der Waals surface area contributed by atoms with Crippen molar-refractivity contribution < 1.29 is 24.1 Å². The summed E-state index contributed by atoms with van der Waals surface area (Å²) in [6.45, 7) is 4.85. The Hall–Kier alpha value is -0.650. The van der Waals surface area contributed by atoms with Crippen LogP contribution in [0.4, 0.5) is 0 Å². The van der Waals surface area contributed by atoms with E-state index in [4.69, 9.17) is 19.3 Å². The lowest BCUT2D eigenvalue weighted by Crippen LogP contribution is -2.41. The van der Waals surface area contributed by atoms with E-state index in [2.05, 4.69) is 0 Å². The van der Waals surface area contributed by atoms with Gasteiger partial charge in [0.15, 0.2) is 17.5 Å². The van der Waals surface area contributed by atoms with Crippen LogP contribution in [0.15, 0.2) is 0 Å². The number of esters is 1. The first kappa shape index (κ1) is 9.89. The number of aliphatic hydroxyl groups excluding tert-OH is 1. The fourth-order valence-electron chi connectivity index (χ4n) is 2.05. The van der Waals surface area contributed by atoms with E-state index in [1.165, 1.54) is 0 Å². The van der Waals surface area contributed by atoms with Crippen LogP contribution < -0.4 is 0 Å². The van der Waals surface area contributed by atoms with Gasteiger partial charge in [-0.3, -0.25) is 0 Å². The minimum Gasteiger partial charge on any atom is -0.455 e. The number of cyclic esters (lactones) is 1. The summed E-state index contributed by atoms with van der Waals surface area (Å²) >= 11 is 0. The Kier molecular flexibility index (Phi) is 1.90. The fourth-order valence-corrected chi connectivity index (χ4v) is 2.05. The molecule has 0 bridgehead atoms. The van der Waals surface area contributed by atoms with Gasteiger partial charge in [0.25, 0.3) is 0 Å². The summed E-state index contributed by atoms with van der Waals surface area (Å²) < 4.78 is 16.0. The molecule has 0 saturated carbocycles. The van der Waals surface area contributed by atoms with Crippen molar-refractivity contribution in [1.29, 1.82) is 0 Å². The first-order valence-electron chi connectivity index (χ1n) is 4.59. The number of rotatable bonds is 1. The van der Waals surface area contributed by atoms with Gasteiger partial charge >= 0.3 is 5.97 Å². The average Bonchev–Trinajstić information content (AvgIpc) is 2.42. The summed E-state index contributed by atoms with van der Waals surface area (Å²) in [5.41, 5.74) is -1.07. The van der Waals surface area contributed by atoms with Crippen molar-refractivity contribution in [2.45, 2.75) is 44.4 Å². The van der Waals surface area contributed by atoms with Crippen molar-refractivity contribution >= 4 is 5.97 Å². The second-order valence-electron chi connectivity index (χ2n) is 4.27. The fraction of sp³-hybridized carbons (Fsp3) is 0.889. The smallest absolute Gasteiger partial charge is 0.341 e. The van der Waals surface area contributed by atoms with Gasteiger partial charge in [-0.1, -0.05) is 0 Å². The molecule has 2 fully saturated rings. The summed E-state index contributed by atoms with van der Waals surface area (Å²) in [6, 6.07) is 0. The maximum absolute atomic E-state index is 11.5. The Bertz CT molecular complexity index is 274. The number of carbonyl (C=O) groups is 1. The minimum atomic E-state index is -1.07. The molecular weight excluding hydrogens is 188 g/mol. The largest absolute Gasteiger partial charge is 0.455 e. The lowest BCUT2D eigenvalue weighted by Gasteiger charge is -2.21. The Labute approximate surface area is 81.9 Å². The third-order valence-electron chi connectivity index (χ3n) is 2.59. The molecule has 80 valence electrons. The highest BCUT2D eigenvalue weighted by Gasteiger charge is 2.64. The van der Waals surface area contributed by atoms with Crippen LogP contribution in [0, 0.1) is 0 Å². The van der Waals surface area contributed by atoms with E-state index in [0.29, 0.717) is 0 Å². The quantitative estimate of drug-likeness (QED) is 0.597. The number of ether oxygens (including phenoxy) is 3. The lowest BCUT2D eigenvalue weighted by atomic mass is 9.99. The van der Waals surface area contributed by atoms with Gasteiger partial charge in [0.2, 0.25) is 0 Å². The molecule has 2 heterocycles. The Morgan fingerprint density at radius 1 is 1.43 bits per heavy atom. The summed E-state index contributed by atoms with van der Waals surface area (Å²) in [5.74, 6) is -1.26. The number of carbonyl (C=O) groups excluding carboxylic acids is 1. The van der Waals surface area contributed by atoms with E-state index in [-0.39, 0.29) is 6.61 Å². The molecule has 2 saturated heterocycles. The van der Waals surface area contributed by atoms with Crippen LogP contribution in [-0.2, 0) is 19.0 Å². The van der Waals surface area contributed by atoms with E-state index in [9.17, 15) is 4.79 Å². The summed E-state index contributed by atoms with van der Waals surface area (Å²) in [6.07, 6.45) is -1.13. The van der Waals surface area contributed by atoms with Gasteiger partial charge in [-0.25, -0.2) is 4.79 Å². The van der Waals surface area contributed by atoms with Gasteiger partial charge in [0, 0.05) is 0 Å². The number of aliphatic hydroxyl groups is 1. The molecule has 2 rings (SSSR count). The molecule has 0 radical (unpaired) electrons. The molecule has 2 aliphatic rings. The molecule has 0 aromatic carbocycles. The molecule has 0 aromatic heterocycles. The van der Waals surface area contributed by atoms with Crippen LogP contribution in [-0.4, -0.2) is 41.3 Å². The van der Waals surface area contributed by atoms with Crippen LogP contribution >= 0.6 is 0 Å². The SMILES string of the molecule is CC1(C)OC2C(CO)OC(=O)[C@]2(C)O1. The monoisotopic (exact) mass is 202 g/mol. The first-order valence-corrected chi connectivity index (χ1v) is 4.59. The average molecular weight is 202 g/mol. The molecule has 2 aliphatic heterocycles. The highest BCUT2D eigenvalue weighted by molar-refractivity contribution is 5.83. The normalized spacial score (nSPS) is 45.0. The van der Waals surface area contributed by atoms with Gasteiger partial charge in [-0.15, -0.1) is 0 Å². The zero-order valence-electron chi connectivity index (χ0n) is 8.44. The first-order chi connectivity index (χ1) is 6.39. The second-order valence-corrected chi connectivity index (χ2v) is 4.27. The van der Waals surface area contributed by atoms with Gasteiger partial charge in [0.05, 0.1) is 6.61 Å². The Balaban J connectivity index is 2.30. The Morgan fingerprint density at radius 2 is 2.07 bits per heavy atom. The van der Waals surface area contributed by atoms with E-state index in [1.807, 2.05) is 0 Å². The van der Waals surface area contributed by atoms with E-state index >= 15 is 0 Å². The zero-order chi connectivity index (χ0) is 10.6. The standard InChI is InChI=1S/C9H14O5/c1-8(2)13-6-5(4-10)12-7(11)9(6,3)14-8/h5-6,10H,4H2,1-3H3/t5?,6?,9-/m1/s1. The number of hydrogen-bond acceptors (Lipinski definition) is 5. The molecule has 3 atom stereocenters. The minimum absolute atomic E-state index is 0.245. The van der Waals surface area contributed by atoms with Crippen molar-refractivity contribution in [3.63, 3.8) is 0 Å². The van der Waals surface area contributed by atoms with E-state index in [0.717, 1.165) is 0 Å². The highest BCUT2D eigenvalue weighted by atomic mass is 16.8.